The van der Waals surface area contributed by atoms with Gasteiger partial charge in [0.25, 0.3) is 0 Å². The molecule has 0 saturated heterocycles. The van der Waals surface area contributed by atoms with E-state index in [1.807, 2.05) is 52.0 Å². The first-order valence-corrected chi connectivity index (χ1v) is 13.2. The Labute approximate surface area is 209 Å². The summed E-state index contributed by atoms with van der Waals surface area (Å²) in [5, 5.41) is 0. The minimum absolute atomic E-state index is 0.487. The van der Waals surface area contributed by atoms with Crippen molar-refractivity contribution in [3.05, 3.63) is 95.0 Å². The van der Waals surface area contributed by atoms with Crippen LogP contribution in [0.5, 0.6) is 11.5 Å². The standard InChI is InChI=1S/C26H25NO2S.2C2H6/c1-4-9-18(5-2)27(19-10-7-6-8-11-19)23-13-12-20(21-16-22(21)23)26-25-24(17(3)30-26)28-14-15-29-25;2*1-2/h4-13,21-22H,1-2,14-16H2,3H3;2*1-2H3/b18-9+;;. The molecule has 2 heterocycles. The zero-order chi connectivity index (χ0) is 24.7. The van der Waals surface area contributed by atoms with Gasteiger partial charge in [0.15, 0.2) is 11.5 Å². The lowest BCUT2D eigenvalue weighted by Gasteiger charge is -2.30. The minimum Gasteiger partial charge on any atom is -0.485 e. The number of nitrogens with zero attached hydrogens (tertiary/aromatic N) is 1. The average molecular weight is 476 g/mol. The predicted molar refractivity (Wildman–Crippen MR) is 148 cm³/mol. The highest BCUT2D eigenvalue weighted by molar-refractivity contribution is 7.13. The van der Waals surface area contributed by atoms with Crippen LogP contribution < -0.4 is 14.4 Å². The van der Waals surface area contributed by atoms with Gasteiger partial charge in [-0.2, -0.15) is 0 Å². The van der Waals surface area contributed by atoms with Crippen molar-refractivity contribution >= 4 is 22.6 Å². The first kappa shape index (κ1) is 25.6. The fourth-order valence-corrected chi connectivity index (χ4v) is 5.57. The van der Waals surface area contributed by atoms with E-state index in [-0.39, 0.29) is 0 Å². The Balaban J connectivity index is 0.000000771. The van der Waals surface area contributed by atoms with E-state index < -0.39 is 0 Å². The minimum atomic E-state index is 0.487. The molecule has 180 valence electrons. The van der Waals surface area contributed by atoms with Gasteiger partial charge in [-0.25, -0.2) is 0 Å². The molecule has 2 aliphatic carbocycles. The zero-order valence-electron chi connectivity index (χ0n) is 21.1. The number of hydrogen-bond donors (Lipinski definition) is 0. The third-order valence-corrected chi connectivity index (χ3v) is 6.97. The van der Waals surface area contributed by atoms with E-state index in [0.717, 1.165) is 29.3 Å². The molecule has 1 aliphatic heterocycles. The van der Waals surface area contributed by atoms with Gasteiger partial charge in [0.05, 0.1) is 4.88 Å². The molecule has 34 heavy (non-hydrogen) atoms. The van der Waals surface area contributed by atoms with E-state index in [1.54, 1.807) is 11.3 Å². The molecule has 5 rings (SSSR count). The number of ether oxygens (including phenoxy) is 2. The lowest BCUT2D eigenvalue weighted by atomic mass is 9.99. The van der Waals surface area contributed by atoms with E-state index in [4.69, 9.17) is 9.47 Å². The van der Waals surface area contributed by atoms with Crippen molar-refractivity contribution in [2.45, 2.75) is 41.0 Å². The number of anilines is 1. The number of fused-ring (bicyclic) bond motifs is 2. The molecule has 0 N–H and O–H groups in total. The number of benzene rings is 1. The third-order valence-electron chi connectivity index (χ3n) is 5.86. The van der Waals surface area contributed by atoms with Crippen molar-refractivity contribution in [1.29, 1.82) is 0 Å². The Kier molecular flexibility index (Phi) is 9.00. The lowest BCUT2D eigenvalue weighted by molar-refractivity contribution is 0.172. The molecule has 1 saturated carbocycles. The summed E-state index contributed by atoms with van der Waals surface area (Å²) in [4.78, 5) is 4.74. The van der Waals surface area contributed by atoms with E-state index in [1.165, 1.54) is 21.0 Å². The number of hydrogen-bond acceptors (Lipinski definition) is 4. The largest absolute Gasteiger partial charge is 0.485 e. The molecule has 1 aromatic heterocycles. The van der Waals surface area contributed by atoms with Crippen LogP contribution in [0.4, 0.5) is 5.69 Å². The molecule has 3 aliphatic rings. The van der Waals surface area contributed by atoms with Crippen LogP contribution in [0.15, 0.2) is 85.3 Å². The maximum Gasteiger partial charge on any atom is 0.179 e. The van der Waals surface area contributed by atoms with Crippen LogP contribution in [-0.2, 0) is 0 Å². The monoisotopic (exact) mass is 475 g/mol. The second-order valence-electron chi connectivity index (χ2n) is 7.71. The van der Waals surface area contributed by atoms with Crippen molar-refractivity contribution in [2.75, 3.05) is 18.1 Å². The van der Waals surface area contributed by atoms with Crippen molar-refractivity contribution < 1.29 is 9.47 Å². The summed E-state index contributed by atoms with van der Waals surface area (Å²) >= 11 is 1.79. The Morgan fingerprint density at radius 2 is 1.65 bits per heavy atom. The topological polar surface area (TPSA) is 21.7 Å². The maximum absolute atomic E-state index is 6.01. The summed E-state index contributed by atoms with van der Waals surface area (Å²) in [6.07, 6.45) is 11.4. The quantitative estimate of drug-likeness (QED) is 0.391. The summed E-state index contributed by atoms with van der Waals surface area (Å²) in [5.41, 5.74) is 4.86. The maximum atomic E-state index is 6.01. The third kappa shape index (κ3) is 4.92. The van der Waals surface area contributed by atoms with Gasteiger partial charge in [0, 0.05) is 27.9 Å². The fourth-order valence-electron chi connectivity index (χ4n) is 4.44. The van der Waals surface area contributed by atoms with Gasteiger partial charge in [0.2, 0.25) is 0 Å². The molecule has 1 fully saturated rings. The fraction of sp³-hybridized carbons (Fsp3) is 0.333. The van der Waals surface area contributed by atoms with Gasteiger partial charge in [-0.05, 0) is 55.2 Å². The molecule has 2 aromatic rings. The molecule has 2 unspecified atom stereocenters. The summed E-state index contributed by atoms with van der Waals surface area (Å²) in [6, 6.07) is 10.5. The second kappa shape index (κ2) is 11.9. The van der Waals surface area contributed by atoms with Gasteiger partial charge in [0.1, 0.15) is 13.2 Å². The number of aryl methyl sites for hydroxylation is 1. The van der Waals surface area contributed by atoms with Gasteiger partial charge in [-0.3, -0.25) is 0 Å². The van der Waals surface area contributed by atoms with Crippen LogP contribution in [0.25, 0.3) is 5.57 Å². The molecule has 3 nitrogen and oxygen atoms in total. The van der Waals surface area contributed by atoms with Crippen LogP contribution in [0.1, 0.15) is 43.9 Å². The van der Waals surface area contributed by atoms with Crippen molar-refractivity contribution in [3.8, 4) is 11.5 Å². The molecule has 1 aromatic carbocycles. The van der Waals surface area contributed by atoms with Crippen LogP contribution in [0.2, 0.25) is 0 Å². The first-order valence-electron chi connectivity index (χ1n) is 12.3. The van der Waals surface area contributed by atoms with Crippen LogP contribution in [0, 0.1) is 18.8 Å². The van der Waals surface area contributed by atoms with Crippen molar-refractivity contribution in [2.24, 2.45) is 11.8 Å². The molecule has 0 spiro atoms. The Morgan fingerprint density at radius 1 is 0.971 bits per heavy atom. The molecule has 0 bridgehead atoms. The Hall–Kier alpha value is -2.98. The Morgan fingerprint density at radius 3 is 2.29 bits per heavy atom. The van der Waals surface area contributed by atoms with Crippen LogP contribution >= 0.6 is 11.3 Å². The molecule has 0 amide bonds. The zero-order valence-corrected chi connectivity index (χ0v) is 22.0. The molecule has 0 radical (unpaired) electrons. The number of rotatable bonds is 6. The first-order chi connectivity index (χ1) is 16.7. The lowest BCUT2D eigenvalue weighted by Crippen LogP contribution is -2.23. The Bertz CT molecular complexity index is 1090. The molecule has 2 atom stereocenters. The molecule has 4 heteroatoms. The highest BCUT2D eigenvalue weighted by Gasteiger charge is 2.48. The second-order valence-corrected chi connectivity index (χ2v) is 8.93. The number of para-hydroxylation sites is 1. The van der Waals surface area contributed by atoms with E-state index in [9.17, 15) is 0 Å². The normalized spacial score (nSPS) is 19.6. The summed E-state index contributed by atoms with van der Waals surface area (Å²) in [7, 11) is 0. The van der Waals surface area contributed by atoms with E-state index >= 15 is 0 Å². The van der Waals surface area contributed by atoms with Gasteiger partial charge < -0.3 is 14.4 Å². The molecular weight excluding hydrogens is 438 g/mol. The van der Waals surface area contributed by atoms with Gasteiger partial charge >= 0.3 is 0 Å². The smallest absolute Gasteiger partial charge is 0.179 e. The van der Waals surface area contributed by atoms with Gasteiger partial charge in [-0.1, -0.05) is 71.2 Å². The summed E-state index contributed by atoms with van der Waals surface area (Å²) in [5.74, 6) is 2.87. The highest BCUT2D eigenvalue weighted by atomic mass is 32.1. The predicted octanol–water partition coefficient (Wildman–Crippen LogP) is 8.56. The van der Waals surface area contributed by atoms with Crippen LogP contribution in [0.3, 0.4) is 0 Å². The van der Waals surface area contributed by atoms with Crippen molar-refractivity contribution in [1.82, 2.24) is 0 Å². The van der Waals surface area contributed by atoms with E-state index in [0.29, 0.717) is 25.0 Å². The average Bonchev–Trinajstić information content (AvgIpc) is 3.65. The van der Waals surface area contributed by atoms with Crippen molar-refractivity contribution in [3.63, 3.8) is 0 Å². The summed E-state index contributed by atoms with van der Waals surface area (Å²) in [6.45, 7) is 19.3. The number of allylic oxidation sites excluding steroid dienone is 7. The molecular formula is C30H37NO2S. The van der Waals surface area contributed by atoms with Gasteiger partial charge in [-0.15, -0.1) is 11.3 Å². The number of thiophene rings is 1. The van der Waals surface area contributed by atoms with E-state index in [2.05, 4.69) is 61.4 Å². The summed E-state index contributed by atoms with van der Waals surface area (Å²) < 4.78 is 11.9. The SMILES string of the molecule is C=C/C=C(\C=C)N(C1=CC=C(c2sc(C)c3c2OCCO3)C2CC12)c1ccccc1.CC.CC. The van der Waals surface area contributed by atoms with Crippen LogP contribution in [-0.4, -0.2) is 13.2 Å². The highest BCUT2D eigenvalue weighted by Crippen LogP contribution is 2.60.